The minimum Gasteiger partial charge on any atom is -0.504 e. The molecule has 1 atom stereocenters. The molecule has 1 fully saturated rings. The van der Waals surface area contributed by atoms with Crippen molar-refractivity contribution in [1.82, 2.24) is 4.90 Å². The Morgan fingerprint density at radius 3 is 2.89 bits per heavy atom. The van der Waals surface area contributed by atoms with E-state index < -0.39 is 6.43 Å². The predicted molar refractivity (Wildman–Crippen MR) is 68.8 cm³/mol. The second kappa shape index (κ2) is 6.70. The van der Waals surface area contributed by atoms with E-state index in [4.69, 9.17) is 4.74 Å². The van der Waals surface area contributed by atoms with Crippen molar-refractivity contribution in [2.75, 3.05) is 26.2 Å². The molecule has 0 saturated carbocycles. The summed E-state index contributed by atoms with van der Waals surface area (Å²) >= 11 is 0. The summed E-state index contributed by atoms with van der Waals surface area (Å²) in [5.74, 6) is 0.809. The van der Waals surface area contributed by atoms with Crippen LogP contribution >= 0.6 is 0 Å². The summed E-state index contributed by atoms with van der Waals surface area (Å²) in [5.41, 5.74) is 0. The molecular weight excluding hydrogens is 252 g/mol. The number of ether oxygens (including phenoxy) is 1. The minimum absolute atomic E-state index is 0.114. The molecule has 1 N–H and O–H groups in total. The zero-order valence-electron chi connectivity index (χ0n) is 10.8. The van der Waals surface area contributed by atoms with Crippen molar-refractivity contribution >= 4 is 0 Å². The standard InChI is InChI=1S/C14H19F2NO2/c15-14(16)9-17-7-3-4-11(8-17)10-19-13-6-2-1-5-12(13)18/h1-2,5-6,11,14,18H,3-4,7-10H2/t11-/m0/s1. The maximum atomic E-state index is 12.3. The van der Waals surface area contributed by atoms with Gasteiger partial charge in [-0.2, -0.15) is 0 Å². The maximum absolute atomic E-state index is 12.3. The molecule has 3 nitrogen and oxygen atoms in total. The average molecular weight is 271 g/mol. The molecule has 0 spiro atoms. The van der Waals surface area contributed by atoms with E-state index in [1.54, 1.807) is 29.2 Å². The number of aromatic hydroxyl groups is 1. The highest BCUT2D eigenvalue weighted by Gasteiger charge is 2.22. The number of phenolic OH excluding ortho intramolecular Hbond substituents is 1. The zero-order valence-corrected chi connectivity index (χ0v) is 10.8. The van der Waals surface area contributed by atoms with E-state index in [2.05, 4.69) is 0 Å². The molecule has 1 saturated heterocycles. The number of phenols is 1. The normalized spacial score (nSPS) is 20.7. The van der Waals surface area contributed by atoms with Crippen molar-refractivity contribution in [2.45, 2.75) is 19.3 Å². The number of hydrogen-bond acceptors (Lipinski definition) is 3. The van der Waals surface area contributed by atoms with Gasteiger partial charge in [0.1, 0.15) is 0 Å². The highest BCUT2D eigenvalue weighted by molar-refractivity contribution is 5.37. The summed E-state index contributed by atoms with van der Waals surface area (Å²) in [6.07, 6.45) is -0.382. The van der Waals surface area contributed by atoms with Crippen LogP contribution < -0.4 is 4.74 Å². The van der Waals surface area contributed by atoms with Gasteiger partial charge in [-0.3, -0.25) is 4.90 Å². The van der Waals surface area contributed by atoms with E-state index in [9.17, 15) is 13.9 Å². The lowest BCUT2D eigenvalue weighted by atomic mass is 9.99. The maximum Gasteiger partial charge on any atom is 0.251 e. The highest BCUT2D eigenvalue weighted by Crippen LogP contribution is 2.26. The van der Waals surface area contributed by atoms with E-state index in [-0.39, 0.29) is 18.2 Å². The average Bonchev–Trinajstić information content (AvgIpc) is 2.37. The summed E-state index contributed by atoms with van der Waals surface area (Å²) in [7, 11) is 0. The van der Waals surface area contributed by atoms with Crippen LogP contribution in [0.25, 0.3) is 0 Å². The SMILES string of the molecule is Oc1ccccc1OC[C@H]1CCCN(CC(F)F)C1. The van der Waals surface area contributed by atoms with Crippen LogP contribution in [-0.2, 0) is 0 Å². The second-order valence-corrected chi connectivity index (χ2v) is 4.94. The van der Waals surface area contributed by atoms with E-state index in [0.29, 0.717) is 18.9 Å². The van der Waals surface area contributed by atoms with Crippen LogP contribution in [0.4, 0.5) is 8.78 Å². The van der Waals surface area contributed by atoms with Crippen LogP contribution in [0, 0.1) is 5.92 Å². The first-order valence-corrected chi connectivity index (χ1v) is 6.56. The van der Waals surface area contributed by atoms with Crippen LogP contribution in [-0.4, -0.2) is 42.7 Å². The lowest BCUT2D eigenvalue weighted by molar-refractivity contribution is 0.0549. The third-order valence-electron chi connectivity index (χ3n) is 3.34. The molecule has 0 radical (unpaired) electrons. The fourth-order valence-electron chi connectivity index (χ4n) is 2.44. The van der Waals surface area contributed by atoms with Gasteiger partial charge in [-0.05, 0) is 31.5 Å². The van der Waals surface area contributed by atoms with Crippen LogP contribution in [0.2, 0.25) is 0 Å². The van der Waals surface area contributed by atoms with Crippen LogP contribution in [0.15, 0.2) is 24.3 Å². The number of rotatable bonds is 5. The molecule has 2 rings (SSSR count). The minimum atomic E-state index is -2.28. The Labute approximate surface area is 111 Å². The molecule has 0 bridgehead atoms. The Kier molecular flexibility index (Phi) is 4.96. The fourth-order valence-corrected chi connectivity index (χ4v) is 2.44. The van der Waals surface area contributed by atoms with Gasteiger partial charge < -0.3 is 9.84 Å². The number of halogens is 2. The summed E-state index contributed by atoms with van der Waals surface area (Å²) in [4.78, 5) is 1.78. The Bertz CT molecular complexity index is 401. The van der Waals surface area contributed by atoms with Crippen LogP contribution in [0.5, 0.6) is 11.5 Å². The number of piperidine rings is 1. The lowest BCUT2D eigenvalue weighted by Gasteiger charge is -2.32. The monoisotopic (exact) mass is 271 g/mol. The molecule has 1 heterocycles. The van der Waals surface area contributed by atoms with E-state index >= 15 is 0 Å². The van der Waals surface area contributed by atoms with E-state index in [1.807, 2.05) is 0 Å². The number of benzene rings is 1. The molecule has 106 valence electrons. The molecule has 1 aliphatic heterocycles. The predicted octanol–water partition coefficient (Wildman–Crippen LogP) is 2.75. The number of para-hydroxylation sites is 2. The number of likely N-dealkylation sites (tertiary alicyclic amines) is 1. The molecule has 0 amide bonds. The number of alkyl halides is 2. The molecule has 1 aromatic rings. The van der Waals surface area contributed by atoms with E-state index in [0.717, 1.165) is 19.4 Å². The van der Waals surface area contributed by atoms with Gasteiger partial charge in [-0.1, -0.05) is 12.1 Å². The first kappa shape index (κ1) is 14.1. The first-order valence-electron chi connectivity index (χ1n) is 6.56. The largest absolute Gasteiger partial charge is 0.504 e. The van der Waals surface area contributed by atoms with Crippen molar-refractivity contribution in [2.24, 2.45) is 5.92 Å². The van der Waals surface area contributed by atoms with Crippen molar-refractivity contribution in [3.05, 3.63) is 24.3 Å². The Balaban J connectivity index is 1.81. The van der Waals surface area contributed by atoms with Gasteiger partial charge in [0.15, 0.2) is 11.5 Å². The third kappa shape index (κ3) is 4.35. The molecule has 5 heteroatoms. The number of nitrogens with zero attached hydrogens (tertiary/aromatic N) is 1. The van der Waals surface area contributed by atoms with Gasteiger partial charge in [-0.25, -0.2) is 8.78 Å². The van der Waals surface area contributed by atoms with Crippen molar-refractivity contribution in [3.8, 4) is 11.5 Å². The van der Waals surface area contributed by atoms with Crippen molar-refractivity contribution < 1.29 is 18.6 Å². The van der Waals surface area contributed by atoms with Gasteiger partial charge in [0, 0.05) is 12.5 Å². The van der Waals surface area contributed by atoms with Gasteiger partial charge in [0.25, 0.3) is 6.43 Å². The topological polar surface area (TPSA) is 32.7 Å². The van der Waals surface area contributed by atoms with Gasteiger partial charge in [0.2, 0.25) is 0 Å². The van der Waals surface area contributed by atoms with Crippen LogP contribution in [0.3, 0.4) is 0 Å². The lowest BCUT2D eigenvalue weighted by Crippen LogP contribution is -2.40. The Morgan fingerprint density at radius 2 is 2.16 bits per heavy atom. The third-order valence-corrected chi connectivity index (χ3v) is 3.34. The first-order chi connectivity index (χ1) is 9.15. The quantitative estimate of drug-likeness (QED) is 0.893. The Hall–Kier alpha value is -1.36. The summed E-state index contributed by atoms with van der Waals surface area (Å²) in [6, 6.07) is 6.79. The number of hydrogen-bond donors (Lipinski definition) is 1. The highest BCUT2D eigenvalue weighted by atomic mass is 19.3. The molecule has 0 aliphatic carbocycles. The molecular formula is C14H19F2NO2. The van der Waals surface area contributed by atoms with Gasteiger partial charge >= 0.3 is 0 Å². The second-order valence-electron chi connectivity index (χ2n) is 4.94. The van der Waals surface area contributed by atoms with Crippen molar-refractivity contribution in [3.63, 3.8) is 0 Å². The zero-order chi connectivity index (χ0) is 13.7. The van der Waals surface area contributed by atoms with Crippen molar-refractivity contribution in [1.29, 1.82) is 0 Å². The summed E-state index contributed by atoms with van der Waals surface area (Å²) in [6.45, 7) is 1.67. The van der Waals surface area contributed by atoms with Gasteiger partial charge in [-0.15, -0.1) is 0 Å². The van der Waals surface area contributed by atoms with E-state index in [1.165, 1.54) is 0 Å². The fraction of sp³-hybridized carbons (Fsp3) is 0.571. The Morgan fingerprint density at radius 1 is 1.37 bits per heavy atom. The molecule has 1 aromatic carbocycles. The molecule has 19 heavy (non-hydrogen) atoms. The molecule has 0 unspecified atom stereocenters. The van der Waals surface area contributed by atoms with Gasteiger partial charge in [0.05, 0.1) is 13.2 Å². The molecule has 0 aromatic heterocycles. The summed E-state index contributed by atoms with van der Waals surface area (Å²) in [5, 5.41) is 9.58. The molecule has 1 aliphatic rings. The smallest absolute Gasteiger partial charge is 0.251 e. The summed E-state index contributed by atoms with van der Waals surface area (Å²) < 4.78 is 30.3. The van der Waals surface area contributed by atoms with Crippen LogP contribution in [0.1, 0.15) is 12.8 Å².